The Balaban J connectivity index is 2.36. The maximum absolute atomic E-state index is 11.2. The predicted molar refractivity (Wildman–Crippen MR) is 75.3 cm³/mol. The molecule has 0 saturated heterocycles. The average Bonchev–Trinajstić information content (AvgIpc) is 2.65. The zero-order valence-corrected chi connectivity index (χ0v) is 11.7. The summed E-state index contributed by atoms with van der Waals surface area (Å²) in [5.74, 6) is 0.952. The number of hydrogen-bond donors (Lipinski definition) is 0. The van der Waals surface area contributed by atoms with Crippen LogP contribution < -0.4 is 9.64 Å². The zero-order valence-electron chi connectivity index (χ0n) is 10.9. The first kappa shape index (κ1) is 13.0. The van der Waals surface area contributed by atoms with Gasteiger partial charge in [-0.1, -0.05) is 11.8 Å². The number of ketones is 1. The highest BCUT2D eigenvalue weighted by Gasteiger charge is 2.24. The second kappa shape index (κ2) is 5.48. The van der Waals surface area contributed by atoms with Crippen molar-refractivity contribution >= 4 is 23.2 Å². The quantitative estimate of drug-likeness (QED) is 0.778. The highest BCUT2D eigenvalue weighted by atomic mass is 32.2. The van der Waals surface area contributed by atoms with E-state index < -0.39 is 0 Å². The Kier molecular flexibility index (Phi) is 3.97. The van der Waals surface area contributed by atoms with Crippen molar-refractivity contribution in [2.75, 3.05) is 18.1 Å². The van der Waals surface area contributed by atoms with Crippen molar-refractivity contribution in [1.82, 2.24) is 0 Å². The molecule has 3 nitrogen and oxygen atoms in total. The lowest BCUT2D eigenvalue weighted by atomic mass is 10.2. The van der Waals surface area contributed by atoms with Crippen LogP contribution in [0, 0.1) is 0 Å². The Morgan fingerprint density at radius 2 is 2.22 bits per heavy atom. The molecule has 1 aromatic carbocycles. The fraction of sp³-hybridized carbons (Fsp3) is 0.357. The van der Waals surface area contributed by atoms with E-state index in [0.717, 1.165) is 23.0 Å². The molecule has 0 aliphatic carbocycles. The maximum atomic E-state index is 11.2. The van der Waals surface area contributed by atoms with Crippen LogP contribution in [0.1, 0.15) is 20.8 Å². The summed E-state index contributed by atoms with van der Waals surface area (Å²) in [6.45, 7) is 7.14. The van der Waals surface area contributed by atoms with E-state index in [1.54, 1.807) is 24.8 Å². The van der Waals surface area contributed by atoms with E-state index in [1.165, 1.54) is 4.90 Å². The van der Waals surface area contributed by atoms with Crippen molar-refractivity contribution in [3.05, 3.63) is 29.3 Å². The second-order valence-electron chi connectivity index (χ2n) is 4.00. The first-order chi connectivity index (χ1) is 8.65. The minimum Gasteiger partial charge on any atom is -0.494 e. The average molecular weight is 263 g/mol. The third-order valence-corrected chi connectivity index (χ3v) is 3.77. The van der Waals surface area contributed by atoms with Crippen LogP contribution in [0.25, 0.3) is 0 Å². The molecule has 0 bridgehead atoms. The van der Waals surface area contributed by atoms with Crippen molar-refractivity contribution in [3.8, 4) is 5.75 Å². The third-order valence-electron chi connectivity index (χ3n) is 2.66. The van der Waals surface area contributed by atoms with Crippen LogP contribution in [-0.4, -0.2) is 18.9 Å². The van der Waals surface area contributed by atoms with Gasteiger partial charge in [0.05, 0.1) is 17.3 Å². The number of rotatable bonds is 4. The van der Waals surface area contributed by atoms with Crippen molar-refractivity contribution in [3.63, 3.8) is 0 Å². The lowest BCUT2D eigenvalue weighted by molar-refractivity contribution is -0.112. The smallest absolute Gasteiger partial charge is 0.155 e. The molecule has 1 heterocycles. The fourth-order valence-corrected chi connectivity index (χ4v) is 3.14. The van der Waals surface area contributed by atoms with Gasteiger partial charge in [0.2, 0.25) is 0 Å². The number of carbonyl (C=O) groups excluding carboxylic acids is 1. The van der Waals surface area contributed by atoms with Crippen LogP contribution in [0.15, 0.2) is 34.2 Å². The molecule has 1 aromatic rings. The van der Waals surface area contributed by atoms with Gasteiger partial charge < -0.3 is 9.64 Å². The van der Waals surface area contributed by atoms with E-state index >= 15 is 0 Å². The Morgan fingerprint density at radius 3 is 2.83 bits per heavy atom. The van der Waals surface area contributed by atoms with Crippen LogP contribution in [0.2, 0.25) is 0 Å². The van der Waals surface area contributed by atoms with Gasteiger partial charge in [0.1, 0.15) is 5.75 Å². The number of fused-ring (bicyclic) bond motifs is 1. The Hall–Kier alpha value is -1.42. The van der Waals surface area contributed by atoms with Gasteiger partial charge in [-0.25, -0.2) is 0 Å². The van der Waals surface area contributed by atoms with Gasteiger partial charge in [0.25, 0.3) is 0 Å². The number of nitrogens with zero attached hydrogens (tertiary/aromatic N) is 1. The van der Waals surface area contributed by atoms with Crippen molar-refractivity contribution in [2.24, 2.45) is 0 Å². The van der Waals surface area contributed by atoms with E-state index in [4.69, 9.17) is 4.74 Å². The summed E-state index contributed by atoms with van der Waals surface area (Å²) in [5.41, 5.74) is 1.13. The number of carbonyl (C=O) groups is 1. The fourth-order valence-electron chi connectivity index (χ4n) is 1.94. The molecule has 1 aliphatic rings. The van der Waals surface area contributed by atoms with Gasteiger partial charge in [0, 0.05) is 23.6 Å². The maximum Gasteiger partial charge on any atom is 0.155 e. The summed E-state index contributed by atoms with van der Waals surface area (Å²) in [4.78, 5) is 14.6. The lowest BCUT2D eigenvalue weighted by Gasteiger charge is -2.18. The molecule has 0 saturated carbocycles. The van der Waals surface area contributed by atoms with Gasteiger partial charge in [-0.2, -0.15) is 0 Å². The molecular formula is C14H17NO2S. The Labute approximate surface area is 112 Å². The molecule has 18 heavy (non-hydrogen) atoms. The van der Waals surface area contributed by atoms with Gasteiger partial charge in [-0.3, -0.25) is 4.79 Å². The topological polar surface area (TPSA) is 29.5 Å². The van der Waals surface area contributed by atoms with Crippen molar-refractivity contribution < 1.29 is 9.53 Å². The van der Waals surface area contributed by atoms with Crippen molar-refractivity contribution in [1.29, 1.82) is 0 Å². The monoisotopic (exact) mass is 263 g/mol. The van der Waals surface area contributed by atoms with Crippen molar-refractivity contribution in [2.45, 2.75) is 25.7 Å². The van der Waals surface area contributed by atoms with Gasteiger partial charge in [-0.05, 0) is 32.9 Å². The number of allylic oxidation sites excluding steroid dienone is 1. The molecule has 0 radical (unpaired) electrons. The predicted octanol–water partition coefficient (Wildman–Crippen LogP) is 3.45. The molecular weight excluding hydrogens is 246 g/mol. The first-order valence-electron chi connectivity index (χ1n) is 6.10. The van der Waals surface area contributed by atoms with Crippen LogP contribution in [-0.2, 0) is 4.79 Å². The first-order valence-corrected chi connectivity index (χ1v) is 6.91. The molecule has 4 heteroatoms. The van der Waals surface area contributed by atoms with Gasteiger partial charge >= 0.3 is 0 Å². The highest BCUT2D eigenvalue weighted by molar-refractivity contribution is 8.03. The van der Waals surface area contributed by atoms with E-state index in [0.29, 0.717) is 6.61 Å². The molecule has 1 aliphatic heterocycles. The normalized spacial score (nSPS) is 15.9. The van der Waals surface area contributed by atoms with E-state index in [1.807, 2.05) is 19.1 Å². The third kappa shape index (κ3) is 2.53. The summed E-state index contributed by atoms with van der Waals surface area (Å²) in [6.07, 6.45) is 1.69. The molecule has 0 fully saturated rings. The van der Waals surface area contributed by atoms with Gasteiger partial charge in [0.15, 0.2) is 5.78 Å². The highest BCUT2D eigenvalue weighted by Crippen LogP contribution is 2.47. The Morgan fingerprint density at radius 1 is 1.44 bits per heavy atom. The summed E-state index contributed by atoms with van der Waals surface area (Å²) in [7, 11) is 0. The summed E-state index contributed by atoms with van der Waals surface area (Å²) >= 11 is 1.63. The number of ether oxygens (including phenoxy) is 1. The standard InChI is InChI=1S/C14H17NO2S/c1-4-15-12-9-11(17-5-2)6-7-13(12)18-14(15)8-10(3)16/h6-9H,4-5H2,1-3H3/b14-8-. The summed E-state index contributed by atoms with van der Waals surface area (Å²) in [5, 5.41) is 0.994. The Bertz CT molecular complexity index is 497. The molecule has 0 N–H and O–H groups in total. The number of hydrogen-bond acceptors (Lipinski definition) is 4. The summed E-state index contributed by atoms with van der Waals surface area (Å²) < 4.78 is 5.52. The number of benzene rings is 1. The van der Waals surface area contributed by atoms with Crippen LogP contribution in [0.5, 0.6) is 5.75 Å². The molecule has 0 atom stereocenters. The number of thioether (sulfide) groups is 1. The van der Waals surface area contributed by atoms with E-state index in [2.05, 4.69) is 17.9 Å². The zero-order chi connectivity index (χ0) is 13.1. The number of anilines is 1. The van der Waals surface area contributed by atoms with E-state index in [-0.39, 0.29) is 5.78 Å². The molecule has 0 unspecified atom stereocenters. The van der Waals surface area contributed by atoms with Crippen LogP contribution >= 0.6 is 11.8 Å². The minimum atomic E-state index is 0.0776. The molecule has 96 valence electrons. The molecule has 0 amide bonds. The second-order valence-corrected chi connectivity index (χ2v) is 5.06. The lowest BCUT2D eigenvalue weighted by Crippen LogP contribution is -2.17. The molecule has 0 spiro atoms. The van der Waals surface area contributed by atoms with E-state index in [9.17, 15) is 4.79 Å². The van der Waals surface area contributed by atoms with Crippen LogP contribution in [0.3, 0.4) is 0 Å². The minimum absolute atomic E-state index is 0.0776. The van der Waals surface area contributed by atoms with Gasteiger partial charge in [-0.15, -0.1) is 0 Å². The summed E-state index contributed by atoms with van der Waals surface area (Å²) in [6, 6.07) is 6.06. The SMILES string of the molecule is CCOc1ccc2c(c1)N(CC)/C(=C/C(C)=O)S2. The molecule has 2 rings (SSSR count). The largest absolute Gasteiger partial charge is 0.494 e. The van der Waals surface area contributed by atoms with Crippen LogP contribution in [0.4, 0.5) is 5.69 Å². The molecule has 0 aromatic heterocycles.